The quantitative estimate of drug-likeness (QED) is 0.668. The third-order valence-corrected chi connectivity index (χ3v) is 5.31. The first kappa shape index (κ1) is 17.1. The standard InChI is InChI=1S/C21H27FN2/c1-2-3-16-4-6-17(7-5-16)8-9-18-14-23-21(24-15-18)19-10-12-20(22)13-11-19/h10-17H,2-9H2,1H3/t16-,17-. The molecule has 0 radical (unpaired) electrons. The second kappa shape index (κ2) is 8.36. The van der Waals surface area contributed by atoms with Gasteiger partial charge in [0.15, 0.2) is 5.82 Å². The predicted octanol–water partition coefficient (Wildman–Crippen LogP) is 5.82. The minimum absolute atomic E-state index is 0.232. The average molecular weight is 326 g/mol. The zero-order valence-electron chi connectivity index (χ0n) is 14.5. The maximum Gasteiger partial charge on any atom is 0.159 e. The molecule has 0 spiro atoms. The summed E-state index contributed by atoms with van der Waals surface area (Å²) in [4.78, 5) is 8.89. The molecular formula is C21H27FN2. The number of nitrogens with zero attached hydrogens (tertiary/aromatic N) is 2. The molecular weight excluding hydrogens is 299 g/mol. The van der Waals surface area contributed by atoms with Crippen molar-refractivity contribution in [3.63, 3.8) is 0 Å². The van der Waals surface area contributed by atoms with E-state index in [9.17, 15) is 4.39 Å². The largest absolute Gasteiger partial charge is 0.236 e. The zero-order chi connectivity index (χ0) is 16.8. The van der Waals surface area contributed by atoms with Crippen molar-refractivity contribution < 1.29 is 4.39 Å². The second-order valence-corrected chi connectivity index (χ2v) is 7.14. The molecule has 1 fully saturated rings. The van der Waals surface area contributed by atoms with Crippen LogP contribution in [-0.4, -0.2) is 9.97 Å². The van der Waals surface area contributed by atoms with Crippen LogP contribution in [0.25, 0.3) is 11.4 Å². The van der Waals surface area contributed by atoms with E-state index in [0.717, 1.165) is 23.8 Å². The van der Waals surface area contributed by atoms with Crippen molar-refractivity contribution in [2.45, 2.75) is 58.3 Å². The number of rotatable bonds is 6. The van der Waals surface area contributed by atoms with Gasteiger partial charge in [0.1, 0.15) is 5.82 Å². The van der Waals surface area contributed by atoms with Gasteiger partial charge in [-0.15, -0.1) is 0 Å². The molecule has 1 aromatic heterocycles. The highest BCUT2D eigenvalue weighted by Gasteiger charge is 2.20. The van der Waals surface area contributed by atoms with E-state index in [1.54, 1.807) is 12.1 Å². The Morgan fingerprint density at radius 3 is 2.08 bits per heavy atom. The summed E-state index contributed by atoms with van der Waals surface area (Å²) in [7, 11) is 0. The molecule has 0 amide bonds. The lowest BCUT2D eigenvalue weighted by molar-refractivity contribution is 0.252. The maximum atomic E-state index is 13.0. The van der Waals surface area contributed by atoms with Crippen LogP contribution in [0.1, 0.15) is 57.4 Å². The Bertz CT molecular complexity index is 613. The summed E-state index contributed by atoms with van der Waals surface area (Å²) in [5.74, 6) is 2.28. The monoisotopic (exact) mass is 326 g/mol. The fourth-order valence-corrected chi connectivity index (χ4v) is 3.82. The van der Waals surface area contributed by atoms with Gasteiger partial charge >= 0.3 is 0 Å². The van der Waals surface area contributed by atoms with Gasteiger partial charge < -0.3 is 0 Å². The van der Waals surface area contributed by atoms with E-state index in [0.29, 0.717) is 5.82 Å². The first-order valence-corrected chi connectivity index (χ1v) is 9.31. The minimum Gasteiger partial charge on any atom is -0.236 e. The molecule has 0 atom stereocenters. The molecule has 2 aromatic rings. The Morgan fingerprint density at radius 2 is 1.50 bits per heavy atom. The summed E-state index contributed by atoms with van der Waals surface area (Å²) in [5.41, 5.74) is 2.06. The molecule has 1 aliphatic carbocycles. The summed E-state index contributed by atoms with van der Waals surface area (Å²) in [6, 6.07) is 6.33. The molecule has 1 aliphatic rings. The molecule has 3 heteroatoms. The van der Waals surface area contributed by atoms with E-state index in [2.05, 4.69) is 16.9 Å². The van der Waals surface area contributed by atoms with Crippen LogP contribution in [0.15, 0.2) is 36.7 Å². The second-order valence-electron chi connectivity index (χ2n) is 7.14. The van der Waals surface area contributed by atoms with E-state index in [1.165, 1.54) is 62.6 Å². The van der Waals surface area contributed by atoms with E-state index in [1.807, 2.05) is 12.4 Å². The molecule has 1 saturated carbocycles. The summed E-state index contributed by atoms with van der Waals surface area (Å²) >= 11 is 0. The van der Waals surface area contributed by atoms with Crippen LogP contribution in [0.5, 0.6) is 0 Å². The summed E-state index contributed by atoms with van der Waals surface area (Å²) < 4.78 is 13.0. The van der Waals surface area contributed by atoms with Gasteiger partial charge in [0.2, 0.25) is 0 Å². The van der Waals surface area contributed by atoms with Gasteiger partial charge in [-0.2, -0.15) is 0 Å². The van der Waals surface area contributed by atoms with Crippen molar-refractivity contribution >= 4 is 0 Å². The van der Waals surface area contributed by atoms with Crippen molar-refractivity contribution in [1.29, 1.82) is 0 Å². The zero-order valence-corrected chi connectivity index (χ0v) is 14.5. The first-order valence-electron chi connectivity index (χ1n) is 9.31. The number of hydrogen-bond donors (Lipinski definition) is 0. The normalized spacial score (nSPS) is 20.9. The fraction of sp³-hybridized carbons (Fsp3) is 0.524. The van der Waals surface area contributed by atoms with Crippen molar-refractivity contribution in [2.75, 3.05) is 0 Å². The van der Waals surface area contributed by atoms with Gasteiger partial charge in [0.25, 0.3) is 0 Å². The summed E-state index contributed by atoms with van der Waals surface area (Å²) in [5, 5.41) is 0. The fourth-order valence-electron chi connectivity index (χ4n) is 3.82. The molecule has 0 bridgehead atoms. The highest BCUT2D eigenvalue weighted by atomic mass is 19.1. The van der Waals surface area contributed by atoms with Gasteiger partial charge in [-0.3, -0.25) is 0 Å². The lowest BCUT2D eigenvalue weighted by atomic mass is 9.78. The molecule has 3 rings (SSSR count). The molecule has 1 aromatic carbocycles. The summed E-state index contributed by atoms with van der Waals surface area (Å²) in [6.45, 7) is 2.29. The Morgan fingerprint density at radius 1 is 0.917 bits per heavy atom. The van der Waals surface area contributed by atoms with Crippen molar-refractivity contribution in [3.05, 3.63) is 48.0 Å². The van der Waals surface area contributed by atoms with Gasteiger partial charge in [-0.1, -0.05) is 45.4 Å². The number of halogens is 1. The van der Waals surface area contributed by atoms with Crippen LogP contribution in [0.4, 0.5) is 4.39 Å². The SMILES string of the molecule is CCC[C@H]1CC[C@H](CCc2cnc(-c3ccc(F)cc3)nc2)CC1. The van der Waals surface area contributed by atoms with E-state index in [-0.39, 0.29) is 5.82 Å². The highest BCUT2D eigenvalue weighted by molar-refractivity contribution is 5.54. The minimum atomic E-state index is -0.232. The van der Waals surface area contributed by atoms with Gasteiger partial charge in [-0.25, -0.2) is 14.4 Å². The molecule has 128 valence electrons. The number of aromatic nitrogens is 2. The molecule has 0 unspecified atom stereocenters. The van der Waals surface area contributed by atoms with Crippen LogP contribution in [0.3, 0.4) is 0 Å². The van der Waals surface area contributed by atoms with Crippen LogP contribution < -0.4 is 0 Å². The Balaban J connectivity index is 1.49. The maximum absolute atomic E-state index is 13.0. The third kappa shape index (κ3) is 4.62. The Kier molecular flexibility index (Phi) is 5.95. The van der Waals surface area contributed by atoms with Gasteiger partial charge in [-0.05, 0) is 54.5 Å². The molecule has 2 nitrogen and oxygen atoms in total. The van der Waals surface area contributed by atoms with Crippen LogP contribution in [0.2, 0.25) is 0 Å². The smallest absolute Gasteiger partial charge is 0.159 e. The first-order chi connectivity index (χ1) is 11.7. The van der Waals surface area contributed by atoms with E-state index in [4.69, 9.17) is 0 Å². The molecule has 0 saturated heterocycles. The number of aryl methyl sites for hydroxylation is 1. The predicted molar refractivity (Wildman–Crippen MR) is 96.1 cm³/mol. The highest BCUT2D eigenvalue weighted by Crippen LogP contribution is 2.33. The van der Waals surface area contributed by atoms with Crippen molar-refractivity contribution in [2.24, 2.45) is 11.8 Å². The Labute approximate surface area is 144 Å². The molecule has 0 N–H and O–H groups in total. The van der Waals surface area contributed by atoms with Crippen molar-refractivity contribution in [3.8, 4) is 11.4 Å². The topological polar surface area (TPSA) is 25.8 Å². The molecule has 1 heterocycles. The summed E-state index contributed by atoms with van der Waals surface area (Å²) in [6.07, 6.45) is 14.5. The number of benzene rings is 1. The lowest BCUT2D eigenvalue weighted by Crippen LogP contribution is -2.15. The Hall–Kier alpha value is -1.77. The number of hydrogen-bond acceptors (Lipinski definition) is 2. The van der Waals surface area contributed by atoms with Gasteiger partial charge in [0, 0.05) is 18.0 Å². The van der Waals surface area contributed by atoms with Crippen molar-refractivity contribution in [1.82, 2.24) is 9.97 Å². The molecule has 0 aliphatic heterocycles. The molecule has 24 heavy (non-hydrogen) atoms. The third-order valence-electron chi connectivity index (χ3n) is 5.31. The van der Waals surface area contributed by atoms with E-state index >= 15 is 0 Å². The van der Waals surface area contributed by atoms with Crippen LogP contribution in [-0.2, 0) is 6.42 Å². The average Bonchev–Trinajstić information content (AvgIpc) is 2.63. The van der Waals surface area contributed by atoms with Crippen LogP contribution >= 0.6 is 0 Å². The van der Waals surface area contributed by atoms with E-state index < -0.39 is 0 Å². The van der Waals surface area contributed by atoms with Crippen LogP contribution in [0, 0.1) is 17.7 Å². The van der Waals surface area contributed by atoms with Gasteiger partial charge in [0.05, 0.1) is 0 Å². The lowest BCUT2D eigenvalue weighted by Gasteiger charge is -2.28.